The summed E-state index contributed by atoms with van der Waals surface area (Å²) in [5.74, 6) is 0. The molecule has 1 fully saturated rings. The zero-order chi connectivity index (χ0) is 19.6. The number of fused-ring (bicyclic) bond motifs is 1. The summed E-state index contributed by atoms with van der Waals surface area (Å²) in [6.45, 7) is 3.25. The van der Waals surface area contributed by atoms with Gasteiger partial charge in [0.25, 0.3) is 0 Å². The first kappa shape index (κ1) is 18.8. The molecule has 0 unspecified atom stereocenters. The van der Waals surface area contributed by atoms with Gasteiger partial charge in [0.05, 0.1) is 17.6 Å². The molecule has 0 aliphatic carbocycles. The topological polar surface area (TPSA) is 97.6 Å². The summed E-state index contributed by atoms with van der Waals surface area (Å²) in [4.78, 5) is 37.6. The van der Waals surface area contributed by atoms with Crippen molar-refractivity contribution in [1.29, 1.82) is 0 Å². The summed E-state index contributed by atoms with van der Waals surface area (Å²) in [6.07, 6.45) is 1.05. The molecule has 0 radical (unpaired) electrons. The fourth-order valence-electron chi connectivity index (χ4n) is 3.36. The second kappa shape index (κ2) is 7.73. The van der Waals surface area contributed by atoms with Crippen molar-refractivity contribution in [3.05, 3.63) is 28.7 Å². The molecular formula is C18H25N5O4. The SMILES string of the molecule is CCOC(=O)N1CCC(NC(=O)Nc2ccc3c(c2)n(C)c(=O)n3C)CC1. The van der Waals surface area contributed by atoms with E-state index in [1.165, 1.54) is 0 Å². The van der Waals surface area contributed by atoms with Crippen molar-refractivity contribution in [2.75, 3.05) is 25.0 Å². The maximum absolute atomic E-state index is 12.3. The third-order valence-electron chi connectivity index (χ3n) is 4.89. The van der Waals surface area contributed by atoms with Crippen molar-refractivity contribution in [3.8, 4) is 0 Å². The zero-order valence-corrected chi connectivity index (χ0v) is 15.8. The number of carbonyl (C=O) groups excluding carboxylic acids is 2. The molecule has 1 aliphatic rings. The summed E-state index contributed by atoms with van der Waals surface area (Å²) in [5.41, 5.74) is 2.06. The minimum atomic E-state index is -0.304. The number of nitrogens with one attached hydrogen (secondary N) is 2. The van der Waals surface area contributed by atoms with E-state index >= 15 is 0 Å². The molecule has 9 heteroatoms. The minimum Gasteiger partial charge on any atom is -0.450 e. The zero-order valence-electron chi connectivity index (χ0n) is 15.8. The molecule has 1 aromatic carbocycles. The summed E-state index contributed by atoms with van der Waals surface area (Å²) in [6, 6.07) is 5.06. The molecule has 2 aromatic rings. The summed E-state index contributed by atoms with van der Waals surface area (Å²) < 4.78 is 8.10. The average Bonchev–Trinajstić information content (AvgIpc) is 2.86. The Kier molecular flexibility index (Phi) is 5.38. The quantitative estimate of drug-likeness (QED) is 0.852. The molecule has 0 atom stereocenters. The monoisotopic (exact) mass is 375 g/mol. The number of aromatic nitrogens is 2. The van der Waals surface area contributed by atoms with Gasteiger partial charge in [-0.2, -0.15) is 0 Å². The highest BCUT2D eigenvalue weighted by Crippen LogP contribution is 2.18. The van der Waals surface area contributed by atoms with Crippen LogP contribution in [0.1, 0.15) is 19.8 Å². The Morgan fingerprint density at radius 2 is 1.81 bits per heavy atom. The lowest BCUT2D eigenvalue weighted by Gasteiger charge is -2.31. The number of urea groups is 1. The van der Waals surface area contributed by atoms with Crippen molar-refractivity contribution in [2.24, 2.45) is 14.1 Å². The number of anilines is 1. The van der Waals surface area contributed by atoms with Gasteiger partial charge in [0.15, 0.2) is 0 Å². The number of imidazole rings is 1. The Balaban J connectivity index is 1.57. The van der Waals surface area contributed by atoms with E-state index in [1.807, 2.05) is 6.07 Å². The van der Waals surface area contributed by atoms with Crippen molar-refractivity contribution < 1.29 is 14.3 Å². The number of likely N-dealkylation sites (tertiary alicyclic amines) is 1. The molecule has 2 heterocycles. The lowest BCUT2D eigenvalue weighted by atomic mass is 10.1. The fourth-order valence-corrected chi connectivity index (χ4v) is 3.36. The highest BCUT2D eigenvalue weighted by atomic mass is 16.6. The van der Waals surface area contributed by atoms with Crippen LogP contribution in [0.25, 0.3) is 11.0 Å². The number of nitrogens with zero attached hydrogens (tertiary/aromatic N) is 3. The lowest BCUT2D eigenvalue weighted by molar-refractivity contribution is 0.0959. The number of piperidine rings is 1. The van der Waals surface area contributed by atoms with Gasteiger partial charge in [-0.25, -0.2) is 14.4 Å². The normalized spacial score (nSPS) is 15.0. The molecule has 0 spiro atoms. The van der Waals surface area contributed by atoms with Gasteiger partial charge in [0.1, 0.15) is 0 Å². The second-order valence-corrected chi connectivity index (χ2v) is 6.66. The highest BCUT2D eigenvalue weighted by molar-refractivity contribution is 5.92. The number of amides is 3. The third kappa shape index (κ3) is 3.91. The molecule has 146 valence electrons. The van der Waals surface area contributed by atoms with Gasteiger partial charge in [-0.3, -0.25) is 9.13 Å². The predicted octanol–water partition coefficient (Wildman–Crippen LogP) is 1.62. The van der Waals surface area contributed by atoms with Crippen LogP contribution in [0.5, 0.6) is 0 Å². The number of benzene rings is 1. The fraction of sp³-hybridized carbons (Fsp3) is 0.500. The van der Waals surface area contributed by atoms with Crippen LogP contribution in [-0.2, 0) is 18.8 Å². The molecule has 0 bridgehead atoms. The Bertz CT molecular complexity index is 908. The Labute approximate surface area is 156 Å². The molecule has 1 aromatic heterocycles. The van der Waals surface area contributed by atoms with Crippen LogP contribution in [0.4, 0.5) is 15.3 Å². The van der Waals surface area contributed by atoms with E-state index < -0.39 is 0 Å². The first-order valence-corrected chi connectivity index (χ1v) is 9.05. The first-order valence-electron chi connectivity index (χ1n) is 9.05. The van der Waals surface area contributed by atoms with Crippen LogP contribution in [0.15, 0.2) is 23.0 Å². The first-order chi connectivity index (χ1) is 12.9. The predicted molar refractivity (Wildman–Crippen MR) is 102 cm³/mol. The van der Waals surface area contributed by atoms with E-state index in [0.29, 0.717) is 38.2 Å². The van der Waals surface area contributed by atoms with Crippen LogP contribution < -0.4 is 16.3 Å². The number of aryl methyl sites for hydroxylation is 2. The van der Waals surface area contributed by atoms with Crippen LogP contribution in [-0.4, -0.2) is 51.9 Å². The summed E-state index contributed by atoms with van der Waals surface area (Å²) in [7, 11) is 3.42. The van der Waals surface area contributed by atoms with E-state index in [0.717, 1.165) is 11.0 Å². The standard InChI is InChI=1S/C18H25N5O4/c1-4-27-18(26)23-9-7-12(8-10-23)19-16(24)20-13-5-6-14-15(11-13)22(3)17(25)21(14)2/h5-6,11-12H,4,7-10H2,1-3H3,(H2,19,20,24). The number of hydrogen-bond acceptors (Lipinski definition) is 4. The largest absolute Gasteiger partial charge is 0.450 e. The van der Waals surface area contributed by atoms with Gasteiger partial charge in [-0.05, 0) is 38.0 Å². The Morgan fingerprint density at radius 1 is 1.15 bits per heavy atom. The number of ether oxygens (including phenoxy) is 1. The summed E-state index contributed by atoms with van der Waals surface area (Å²) in [5, 5.41) is 5.75. The Morgan fingerprint density at radius 3 is 2.48 bits per heavy atom. The molecule has 1 aliphatic heterocycles. The highest BCUT2D eigenvalue weighted by Gasteiger charge is 2.24. The minimum absolute atomic E-state index is 0.000452. The van der Waals surface area contributed by atoms with Crippen LogP contribution >= 0.6 is 0 Å². The van der Waals surface area contributed by atoms with E-state index in [4.69, 9.17) is 4.74 Å². The number of carbonyl (C=O) groups is 2. The van der Waals surface area contributed by atoms with Gasteiger partial charge in [-0.15, -0.1) is 0 Å². The van der Waals surface area contributed by atoms with Crippen molar-refractivity contribution in [1.82, 2.24) is 19.4 Å². The van der Waals surface area contributed by atoms with Crippen LogP contribution in [0, 0.1) is 0 Å². The van der Waals surface area contributed by atoms with E-state index in [-0.39, 0.29) is 23.9 Å². The van der Waals surface area contributed by atoms with Gasteiger partial charge >= 0.3 is 17.8 Å². The molecule has 9 nitrogen and oxygen atoms in total. The van der Waals surface area contributed by atoms with Gasteiger partial charge in [0.2, 0.25) is 0 Å². The molecule has 2 N–H and O–H groups in total. The molecule has 1 saturated heterocycles. The maximum atomic E-state index is 12.3. The van der Waals surface area contributed by atoms with Crippen LogP contribution in [0.2, 0.25) is 0 Å². The maximum Gasteiger partial charge on any atom is 0.409 e. The molecule has 0 saturated carbocycles. The van der Waals surface area contributed by atoms with E-state index in [9.17, 15) is 14.4 Å². The van der Waals surface area contributed by atoms with Crippen molar-refractivity contribution >= 4 is 28.8 Å². The van der Waals surface area contributed by atoms with Crippen LogP contribution in [0.3, 0.4) is 0 Å². The average molecular weight is 375 g/mol. The van der Waals surface area contributed by atoms with E-state index in [2.05, 4.69) is 10.6 Å². The third-order valence-corrected chi connectivity index (χ3v) is 4.89. The Hall–Kier alpha value is -2.97. The number of rotatable bonds is 3. The molecule has 3 amide bonds. The van der Waals surface area contributed by atoms with Gasteiger partial charge in [-0.1, -0.05) is 0 Å². The van der Waals surface area contributed by atoms with E-state index in [1.54, 1.807) is 47.2 Å². The van der Waals surface area contributed by atoms with Crippen molar-refractivity contribution in [2.45, 2.75) is 25.8 Å². The molecular weight excluding hydrogens is 350 g/mol. The smallest absolute Gasteiger partial charge is 0.409 e. The molecule has 27 heavy (non-hydrogen) atoms. The number of hydrogen-bond donors (Lipinski definition) is 2. The summed E-state index contributed by atoms with van der Waals surface area (Å²) >= 11 is 0. The van der Waals surface area contributed by atoms with Gasteiger partial charge in [0, 0.05) is 38.9 Å². The van der Waals surface area contributed by atoms with Crippen molar-refractivity contribution in [3.63, 3.8) is 0 Å². The second-order valence-electron chi connectivity index (χ2n) is 6.66. The van der Waals surface area contributed by atoms with Gasteiger partial charge < -0.3 is 20.3 Å². The lowest BCUT2D eigenvalue weighted by Crippen LogP contribution is -2.47. The molecule has 3 rings (SSSR count).